The lowest BCUT2D eigenvalue weighted by Gasteiger charge is -2.34. The van der Waals surface area contributed by atoms with E-state index in [1.807, 2.05) is 36.1 Å². The number of methoxy groups -OCH3 is 1. The number of fused-ring (bicyclic) bond motifs is 1. The van der Waals surface area contributed by atoms with Crippen molar-refractivity contribution in [2.75, 3.05) is 33.3 Å². The molecule has 1 aliphatic rings. The molecule has 33 heavy (non-hydrogen) atoms. The minimum absolute atomic E-state index is 0.0635. The predicted molar refractivity (Wildman–Crippen MR) is 128 cm³/mol. The van der Waals surface area contributed by atoms with Crippen LogP contribution in [-0.2, 0) is 6.54 Å². The third kappa shape index (κ3) is 4.19. The minimum Gasteiger partial charge on any atom is -0.497 e. The summed E-state index contributed by atoms with van der Waals surface area (Å²) in [7, 11) is 1.63. The van der Waals surface area contributed by atoms with Crippen molar-refractivity contribution in [1.29, 1.82) is 0 Å². The summed E-state index contributed by atoms with van der Waals surface area (Å²) in [6.45, 7) is 5.78. The van der Waals surface area contributed by atoms with E-state index < -0.39 is 0 Å². The molecule has 0 N–H and O–H groups in total. The zero-order valence-electron chi connectivity index (χ0n) is 18.9. The number of benzene rings is 3. The summed E-state index contributed by atoms with van der Waals surface area (Å²) < 4.78 is 6.99. The molecule has 7 heteroatoms. The second-order valence-electron chi connectivity index (χ2n) is 8.34. The molecule has 3 aromatic carbocycles. The second kappa shape index (κ2) is 9.03. The van der Waals surface area contributed by atoms with E-state index in [-0.39, 0.29) is 5.91 Å². The van der Waals surface area contributed by atoms with E-state index in [0.29, 0.717) is 18.8 Å². The van der Waals surface area contributed by atoms with Gasteiger partial charge in [-0.3, -0.25) is 9.69 Å². The molecule has 0 bridgehead atoms. The van der Waals surface area contributed by atoms with E-state index in [0.717, 1.165) is 36.8 Å². The van der Waals surface area contributed by atoms with Crippen LogP contribution in [-0.4, -0.2) is 64.0 Å². The Balaban J connectivity index is 1.26. The summed E-state index contributed by atoms with van der Waals surface area (Å²) in [5, 5.41) is 11.0. The SMILES string of the molecule is COc1cccc(-n2nnc(C(=O)N3CCN(Cc4cccc5ccccc45)CC3)c2C)c1. The first-order valence-corrected chi connectivity index (χ1v) is 11.2. The molecule has 5 rings (SSSR count). The van der Waals surface area contributed by atoms with E-state index in [1.165, 1.54) is 16.3 Å². The third-order valence-electron chi connectivity index (χ3n) is 6.33. The van der Waals surface area contributed by atoms with Gasteiger partial charge in [-0.2, -0.15) is 0 Å². The zero-order valence-corrected chi connectivity index (χ0v) is 18.9. The maximum Gasteiger partial charge on any atom is 0.276 e. The summed E-state index contributed by atoms with van der Waals surface area (Å²) in [6.07, 6.45) is 0. The first-order chi connectivity index (χ1) is 16.1. The molecule has 1 saturated heterocycles. The van der Waals surface area contributed by atoms with Gasteiger partial charge in [0.25, 0.3) is 5.91 Å². The monoisotopic (exact) mass is 441 g/mol. The van der Waals surface area contributed by atoms with Gasteiger partial charge in [0.1, 0.15) is 5.75 Å². The zero-order chi connectivity index (χ0) is 22.8. The topological polar surface area (TPSA) is 63.5 Å². The van der Waals surface area contributed by atoms with Crippen LogP contribution < -0.4 is 4.74 Å². The van der Waals surface area contributed by atoms with Gasteiger partial charge in [-0.1, -0.05) is 53.7 Å². The van der Waals surface area contributed by atoms with Crippen LogP contribution >= 0.6 is 0 Å². The Labute approximate surface area is 193 Å². The average Bonchev–Trinajstić information content (AvgIpc) is 3.25. The molecule has 0 spiro atoms. The molecule has 7 nitrogen and oxygen atoms in total. The summed E-state index contributed by atoms with van der Waals surface area (Å²) >= 11 is 0. The number of ether oxygens (including phenoxy) is 1. The lowest BCUT2D eigenvalue weighted by molar-refractivity contribution is 0.0622. The van der Waals surface area contributed by atoms with Gasteiger partial charge in [-0.15, -0.1) is 5.10 Å². The molecule has 1 aliphatic heterocycles. The van der Waals surface area contributed by atoms with Crippen LogP contribution in [0.3, 0.4) is 0 Å². The van der Waals surface area contributed by atoms with Crippen LogP contribution in [0.2, 0.25) is 0 Å². The number of hydrogen-bond donors (Lipinski definition) is 0. The Morgan fingerprint density at radius 2 is 1.73 bits per heavy atom. The molecular weight excluding hydrogens is 414 g/mol. The first kappa shape index (κ1) is 21.2. The highest BCUT2D eigenvalue weighted by Crippen LogP contribution is 2.22. The van der Waals surface area contributed by atoms with Crippen molar-refractivity contribution in [3.05, 3.63) is 83.7 Å². The van der Waals surface area contributed by atoms with Gasteiger partial charge in [0.15, 0.2) is 5.69 Å². The van der Waals surface area contributed by atoms with Crippen LogP contribution in [0.1, 0.15) is 21.7 Å². The van der Waals surface area contributed by atoms with Crippen LogP contribution in [0.4, 0.5) is 0 Å². The minimum atomic E-state index is -0.0635. The lowest BCUT2D eigenvalue weighted by atomic mass is 10.0. The van der Waals surface area contributed by atoms with Crippen LogP contribution in [0, 0.1) is 6.92 Å². The molecule has 1 amide bonds. The fourth-order valence-electron chi connectivity index (χ4n) is 4.44. The Kier molecular flexibility index (Phi) is 5.79. The highest BCUT2D eigenvalue weighted by atomic mass is 16.5. The first-order valence-electron chi connectivity index (χ1n) is 11.2. The lowest BCUT2D eigenvalue weighted by Crippen LogP contribution is -2.48. The van der Waals surface area contributed by atoms with Crippen molar-refractivity contribution in [2.24, 2.45) is 0 Å². The van der Waals surface area contributed by atoms with Crippen LogP contribution in [0.25, 0.3) is 16.5 Å². The van der Waals surface area contributed by atoms with Crippen LogP contribution in [0.5, 0.6) is 5.75 Å². The van der Waals surface area contributed by atoms with Gasteiger partial charge in [-0.05, 0) is 35.4 Å². The maximum absolute atomic E-state index is 13.2. The largest absolute Gasteiger partial charge is 0.497 e. The maximum atomic E-state index is 13.2. The van der Waals surface area contributed by atoms with Gasteiger partial charge in [0.2, 0.25) is 0 Å². The number of rotatable bonds is 5. The summed E-state index contributed by atoms with van der Waals surface area (Å²) in [6, 6.07) is 22.5. The Morgan fingerprint density at radius 1 is 0.970 bits per heavy atom. The highest BCUT2D eigenvalue weighted by Gasteiger charge is 2.26. The number of nitrogens with zero attached hydrogens (tertiary/aromatic N) is 5. The van der Waals surface area contributed by atoms with E-state index >= 15 is 0 Å². The number of carbonyl (C=O) groups is 1. The number of hydrogen-bond acceptors (Lipinski definition) is 5. The van der Waals surface area contributed by atoms with Crippen molar-refractivity contribution < 1.29 is 9.53 Å². The quantitative estimate of drug-likeness (QED) is 0.473. The number of piperazine rings is 1. The smallest absolute Gasteiger partial charge is 0.276 e. The Bertz CT molecular complexity index is 1290. The molecule has 168 valence electrons. The van der Waals surface area contributed by atoms with E-state index in [9.17, 15) is 4.79 Å². The van der Waals surface area contributed by atoms with E-state index in [1.54, 1.807) is 11.8 Å². The number of amides is 1. The molecule has 0 saturated carbocycles. The molecule has 4 aromatic rings. The van der Waals surface area contributed by atoms with E-state index in [4.69, 9.17) is 4.74 Å². The van der Waals surface area contributed by atoms with Gasteiger partial charge in [-0.25, -0.2) is 4.68 Å². The van der Waals surface area contributed by atoms with Crippen molar-refractivity contribution in [1.82, 2.24) is 24.8 Å². The number of aromatic nitrogens is 3. The molecule has 0 radical (unpaired) electrons. The van der Waals surface area contributed by atoms with Gasteiger partial charge in [0, 0.05) is 38.8 Å². The molecule has 0 aliphatic carbocycles. The second-order valence-corrected chi connectivity index (χ2v) is 8.34. The van der Waals surface area contributed by atoms with Gasteiger partial charge >= 0.3 is 0 Å². The predicted octanol–water partition coefficient (Wildman–Crippen LogP) is 3.70. The van der Waals surface area contributed by atoms with E-state index in [2.05, 4.69) is 57.7 Å². The molecule has 0 atom stereocenters. The van der Waals surface area contributed by atoms with Crippen molar-refractivity contribution in [2.45, 2.75) is 13.5 Å². The normalized spacial score (nSPS) is 14.5. The summed E-state index contributed by atoms with van der Waals surface area (Å²) in [5.41, 5.74) is 3.27. The summed E-state index contributed by atoms with van der Waals surface area (Å²) in [5.74, 6) is 0.670. The highest BCUT2D eigenvalue weighted by molar-refractivity contribution is 5.93. The molecular formula is C26H27N5O2. The fourth-order valence-corrected chi connectivity index (χ4v) is 4.44. The Morgan fingerprint density at radius 3 is 2.55 bits per heavy atom. The van der Waals surface area contributed by atoms with Crippen molar-refractivity contribution in [3.63, 3.8) is 0 Å². The Hall–Kier alpha value is -3.71. The van der Waals surface area contributed by atoms with Crippen molar-refractivity contribution >= 4 is 16.7 Å². The third-order valence-corrected chi connectivity index (χ3v) is 6.33. The van der Waals surface area contributed by atoms with Crippen molar-refractivity contribution in [3.8, 4) is 11.4 Å². The summed E-state index contributed by atoms with van der Waals surface area (Å²) in [4.78, 5) is 17.5. The number of carbonyl (C=O) groups excluding carboxylic acids is 1. The molecule has 1 aromatic heterocycles. The van der Waals surface area contributed by atoms with Crippen LogP contribution in [0.15, 0.2) is 66.7 Å². The standard InChI is InChI=1S/C26H27N5O2/c1-19-25(27-28-31(19)22-10-6-11-23(17-22)33-2)26(32)30-15-13-29(14-16-30)18-21-9-5-8-20-7-3-4-12-24(20)21/h3-12,17H,13-16,18H2,1-2H3. The van der Waals surface area contributed by atoms with Gasteiger partial charge < -0.3 is 9.64 Å². The average molecular weight is 442 g/mol. The fraction of sp³-hybridized carbons (Fsp3) is 0.269. The molecule has 2 heterocycles. The van der Waals surface area contributed by atoms with Gasteiger partial charge in [0.05, 0.1) is 18.5 Å². The molecule has 0 unspecified atom stereocenters. The molecule has 1 fully saturated rings.